The van der Waals surface area contributed by atoms with Crippen molar-refractivity contribution in [2.24, 2.45) is 0 Å². The number of sulfonamides is 1. The molecule has 0 radical (unpaired) electrons. The van der Waals surface area contributed by atoms with E-state index in [2.05, 4.69) is 0 Å². The average Bonchev–Trinajstić information content (AvgIpc) is 2.98. The number of thiophene rings is 1. The molecule has 1 unspecified atom stereocenters. The molecule has 1 aliphatic rings. The van der Waals surface area contributed by atoms with Crippen molar-refractivity contribution in [3.05, 3.63) is 17.0 Å². The summed E-state index contributed by atoms with van der Waals surface area (Å²) in [5.41, 5.74) is 0. The molecular weight excluding hydrogens is 296 g/mol. The van der Waals surface area contributed by atoms with Crippen LogP contribution < -0.4 is 0 Å². The zero-order valence-corrected chi connectivity index (χ0v) is 11.4. The van der Waals surface area contributed by atoms with Crippen molar-refractivity contribution in [1.82, 2.24) is 4.31 Å². The maximum absolute atomic E-state index is 12.2. The number of aliphatic carboxylic acids is 1. The molecule has 2 heterocycles. The average molecular weight is 304 g/mol. The van der Waals surface area contributed by atoms with Crippen LogP contribution in [0, 0.1) is 11.3 Å². The van der Waals surface area contributed by atoms with Crippen LogP contribution in [0.25, 0.3) is 0 Å². The van der Waals surface area contributed by atoms with E-state index in [1.807, 2.05) is 6.07 Å². The molecule has 1 aromatic heterocycles. The summed E-state index contributed by atoms with van der Waals surface area (Å²) in [6.07, 6.45) is 0. The lowest BCUT2D eigenvalue weighted by atomic mass is 10.4. The number of carboxylic acids is 1. The van der Waals surface area contributed by atoms with Gasteiger partial charge in [-0.25, -0.2) is 8.42 Å². The molecule has 96 valence electrons. The van der Waals surface area contributed by atoms with Crippen LogP contribution in [-0.4, -0.2) is 41.5 Å². The van der Waals surface area contributed by atoms with Gasteiger partial charge in [0.1, 0.15) is 21.2 Å². The molecule has 9 heteroatoms. The quantitative estimate of drug-likeness (QED) is 0.885. The summed E-state index contributed by atoms with van der Waals surface area (Å²) in [5.74, 6) is -0.787. The third-order valence-electron chi connectivity index (χ3n) is 2.38. The topological polar surface area (TPSA) is 98.5 Å². The number of carbonyl (C=O) groups is 1. The lowest BCUT2D eigenvalue weighted by molar-refractivity contribution is -0.140. The van der Waals surface area contributed by atoms with Gasteiger partial charge in [-0.15, -0.1) is 23.1 Å². The minimum atomic E-state index is -3.82. The fourth-order valence-electron chi connectivity index (χ4n) is 1.49. The maximum Gasteiger partial charge on any atom is 0.322 e. The Labute approximate surface area is 112 Å². The third-order valence-corrected chi connectivity index (χ3v) is 6.87. The molecule has 1 atom stereocenters. The molecule has 0 amide bonds. The molecule has 1 fully saturated rings. The standard InChI is InChI=1S/C9H8N2O4S3/c10-3-6-1-2-8(17-6)18(14,15)11-5-16-4-7(11)9(12)13/h1-2,7H,4-5H2,(H,12,13). The largest absolute Gasteiger partial charge is 0.480 e. The van der Waals surface area contributed by atoms with Crippen molar-refractivity contribution in [2.75, 3.05) is 11.6 Å². The van der Waals surface area contributed by atoms with Crippen molar-refractivity contribution in [3.8, 4) is 6.07 Å². The van der Waals surface area contributed by atoms with Crippen molar-refractivity contribution < 1.29 is 18.3 Å². The number of rotatable bonds is 3. The Balaban J connectivity index is 2.37. The Kier molecular flexibility index (Phi) is 3.63. The summed E-state index contributed by atoms with van der Waals surface area (Å²) in [6.45, 7) is 0. The van der Waals surface area contributed by atoms with E-state index in [9.17, 15) is 13.2 Å². The van der Waals surface area contributed by atoms with Gasteiger partial charge in [0.15, 0.2) is 0 Å². The van der Waals surface area contributed by atoms with Crippen molar-refractivity contribution in [1.29, 1.82) is 5.26 Å². The summed E-state index contributed by atoms with van der Waals surface area (Å²) in [6, 6.07) is 3.57. The molecule has 1 saturated heterocycles. The van der Waals surface area contributed by atoms with Crippen LogP contribution in [0.2, 0.25) is 0 Å². The van der Waals surface area contributed by atoms with Gasteiger partial charge in [0.25, 0.3) is 10.0 Å². The fourth-order valence-corrected chi connectivity index (χ4v) is 5.86. The van der Waals surface area contributed by atoms with Crippen LogP contribution >= 0.6 is 23.1 Å². The predicted molar refractivity (Wildman–Crippen MR) is 66.8 cm³/mol. The highest BCUT2D eigenvalue weighted by atomic mass is 32.2. The Bertz CT molecular complexity index is 616. The van der Waals surface area contributed by atoms with Crippen molar-refractivity contribution in [2.45, 2.75) is 10.3 Å². The SMILES string of the molecule is N#Cc1ccc(S(=O)(=O)N2CSCC2C(=O)O)s1. The van der Waals surface area contributed by atoms with Crippen LogP contribution in [0.1, 0.15) is 4.88 Å². The minimum Gasteiger partial charge on any atom is -0.480 e. The lowest BCUT2D eigenvalue weighted by Crippen LogP contribution is -2.41. The normalized spacial score (nSPS) is 20.7. The number of hydrogen-bond donors (Lipinski definition) is 1. The number of carboxylic acid groups (broad SMARTS) is 1. The number of nitriles is 1. The zero-order valence-electron chi connectivity index (χ0n) is 8.94. The summed E-state index contributed by atoms with van der Waals surface area (Å²) in [7, 11) is -3.82. The summed E-state index contributed by atoms with van der Waals surface area (Å²) in [4.78, 5) is 11.3. The number of nitrogens with zero attached hydrogens (tertiary/aromatic N) is 2. The first kappa shape index (κ1) is 13.4. The second-order valence-electron chi connectivity index (χ2n) is 3.48. The molecule has 18 heavy (non-hydrogen) atoms. The van der Waals surface area contributed by atoms with Gasteiger partial charge in [-0.05, 0) is 12.1 Å². The summed E-state index contributed by atoms with van der Waals surface area (Å²) < 4.78 is 25.4. The van der Waals surface area contributed by atoms with Gasteiger partial charge in [0.05, 0.1) is 5.88 Å². The fraction of sp³-hybridized carbons (Fsp3) is 0.333. The second-order valence-corrected chi connectivity index (χ2v) is 7.68. The monoisotopic (exact) mass is 304 g/mol. The Morgan fingerprint density at radius 2 is 2.28 bits per heavy atom. The highest BCUT2D eigenvalue weighted by molar-refractivity contribution is 8.01. The van der Waals surface area contributed by atoms with E-state index in [1.54, 1.807) is 0 Å². The molecule has 6 nitrogen and oxygen atoms in total. The molecule has 2 rings (SSSR count). The summed E-state index contributed by atoms with van der Waals surface area (Å²) >= 11 is 2.11. The van der Waals surface area contributed by atoms with Gasteiger partial charge in [0, 0.05) is 5.75 Å². The van der Waals surface area contributed by atoms with E-state index in [0.29, 0.717) is 0 Å². The molecule has 0 bridgehead atoms. The Morgan fingerprint density at radius 1 is 1.56 bits per heavy atom. The van der Waals surface area contributed by atoms with E-state index in [0.717, 1.165) is 15.6 Å². The molecule has 0 saturated carbocycles. The molecular formula is C9H8N2O4S3. The molecule has 1 aromatic rings. The molecule has 1 N–H and O–H groups in total. The van der Waals surface area contributed by atoms with E-state index >= 15 is 0 Å². The minimum absolute atomic E-state index is 0.00722. The maximum atomic E-state index is 12.2. The molecule has 0 spiro atoms. The smallest absolute Gasteiger partial charge is 0.322 e. The van der Waals surface area contributed by atoms with Crippen molar-refractivity contribution in [3.63, 3.8) is 0 Å². The Hall–Kier alpha value is -1.08. The molecule has 0 aliphatic carbocycles. The zero-order chi connectivity index (χ0) is 13.3. The number of hydrogen-bond acceptors (Lipinski definition) is 6. The predicted octanol–water partition coefficient (Wildman–Crippen LogP) is 0.768. The first-order chi connectivity index (χ1) is 8.46. The van der Waals surface area contributed by atoms with Crippen LogP contribution in [0.5, 0.6) is 0 Å². The highest BCUT2D eigenvalue weighted by Crippen LogP contribution is 2.31. The van der Waals surface area contributed by atoms with Gasteiger partial charge in [-0.2, -0.15) is 9.57 Å². The van der Waals surface area contributed by atoms with Gasteiger partial charge in [0.2, 0.25) is 0 Å². The van der Waals surface area contributed by atoms with Gasteiger partial charge in [-0.1, -0.05) is 0 Å². The van der Waals surface area contributed by atoms with Gasteiger partial charge < -0.3 is 5.11 Å². The van der Waals surface area contributed by atoms with Crippen LogP contribution in [0.15, 0.2) is 16.3 Å². The highest BCUT2D eigenvalue weighted by Gasteiger charge is 2.40. The first-order valence-corrected chi connectivity index (χ1v) is 8.20. The van der Waals surface area contributed by atoms with Crippen LogP contribution in [0.3, 0.4) is 0 Å². The second kappa shape index (κ2) is 4.89. The van der Waals surface area contributed by atoms with Crippen molar-refractivity contribution >= 4 is 39.1 Å². The van der Waals surface area contributed by atoms with E-state index < -0.39 is 22.0 Å². The Morgan fingerprint density at radius 3 is 2.83 bits per heavy atom. The third kappa shape index (κ3) is 2.24. The van der Waals surface area contributed by atoms with Gasteiger partial charge in [-0.3, -0.25) is 4.79 Å². The van der Waals surface area contributed by atoms with E-state index in [1.165, 1.54) is 23.9 Å². The molecule has 0 aromatic carbocycles. The van der Waals surface area contributed by atoms with Crippen LogP contribution in [0.4, 0.5) is 0 Å². The van der Waals surface area contributed by atoms with E-state index in [4.69, 9.17) is 10.4 Å². The number of thioether (sulfide) groups is 1. The lowest BCUT2D eigenvalue weighted by Gasteiger charge is -2.18. The molecule has 1 aliphatic heterocycles. The van der Waals surface area contributed by atoms with Gasteiger partial charge >= 0.3 is 5.97 Å². The first-order valence-electron chi connectivity index (χ1n) is 4.79. The van der Waals surface area contributed by atoms with E-state index in [-0.39, 0.29) is 20.7 Å². The summed E-state index contributed by atoms with van der Waals surface area (Å²) in [5, 5.41) is 17.7. The van der Waals surface area contributed by atoms with Crippen LogP contribution in [-0.2, 0) is 14.8 Å².